The first kappa shape index (κ1) is 24.4. The number of alkyl carbamates (subject to hydrolysis) is 1. The van der Waals surface area contributed by atoms with E-state index in [1.807, 2.05) is 36.4 Å². The van der Waals surface area contributed by atoms with Gasteiger partial charge in [-0.15, -0.1) is 11.3 Å². The van der Waals surface area contributed by atoms with Crippen molar-refractivity contribution >= 4 is 29.3 Å². The van der Waals surface area contributed by atoms with Crippen LogP contribution in [0.15, 0.2) is 54.7 Å². The van der Waals surface area contributed by atoms with Crippen molar-refractivity contribution in [2.24, 2.45) is 0 Å². The van der Waals surface area contributed by atoms with Gasteiger partial charge in [0.05, 0.1) is 18.8 Å². The lowest BCUT2D eigenvalue weighted by atomic mass is 9.98. The van der Waals surface area contributed by atoms with E-state index in [4.69, 9.17) is 9.47 Å². The number of hydrogen-bond donors (Lipinski definition) is 3. The minimum atomic E-state index is -1.20. The van der Waals surface area contributed by atoms with Gasteiger partial charge in [0, 0.05) is 13.0 Å². The lowest BCUT2D eigenvalue weighted by molar-refractivity contribution is -0.142. The van der Waals surface area contributed by atoms with E-state index in [2.05, 4.69) is 27.8 Å². The summed E-state index contributed by atoms with van der Waals surface area (Å²) < 4.78 is 10.5. The molecule has 35 heavy (non-hydrogen) atoms. The van der Waals surface area contributed by atoms with Crippen LogP contribution in [-0.4, -0.2) is 53.9 Å². The number of benzene rings is 2. The van der Waals surface area contributed by atoms with Crippen molar-refractivity contribution < 1.29 is 29.0 Å². The molecule has 4 rings (SSSR count). The molecule has 0 aliphatic heterocycles. The molecule has 2 aromatic carbocycles. The quantitative estimate of drug-likeness (QED) is 0.415. The third-order valence-corrected chi connectivity index (χ3v) is 6.89. The second-order valence-electron chi connectivity index (χ2n) is 8.03. The number of aromatic nitrogens is 1. The average Bonchev–Trinajstić information content (AvgIpc) is 3.47. The molecule has 9 nitrogen and oxygen atoms in total. The summed E-state index contributed by atoms with van der Waals surface area (Å²) in [6, 6.07) is 15.0. The van der Waals surface area contributed by atoms with Crippen LogP contribution in [0.3, 0.4) is 0 Å². The minimum Gasteiger partial charge on any atom is -0.480 e. The number of fused-ring (bicyclic) bond motifs is 3. The number of carboxylic acids is 1. The van der Waals surface area contributed by atoms with E-state index in [1.165, 1.54) is 13.3 Å². The lowest BCUT2D eigenvalue weighted by Crippen LogP contribution is -2.48. The number of carbonyl (C=O) groups excluding carboxylic acids is 2. The van der Waals surface area contributed by atoms with Gasteiger partial charge >= 0.3 is 12.1 Å². The largest absolute Gasteiger partial charge is 0.480 e. The van der Waals surface area contributed by atoms with Crippen molar-refractivity contribution in [3.63, 3.8) is 0 Å². The maximum absolute atomic E-state index is 12.4. The minimum absolute atomic E-state index is 0.0417. The van der Waals surface area contributed by atoms with Crippen LogP contribution in [0.25, 0.3) is 11.1 Å². The number of nitrogens with one attached hydrogen (secondary N) is 2. The summed E-state index contributed by atoms with van der Waals surface area (Å²) in [5.74, 6) is -1.82. The molecule has 182 valence electrons. The zero-order chi connectivity index (χ0) is 24.9. The van der Waals surface area contributed by atoms with Crippen LogP contribution < -0.4 is 10.6 Å². The fourth-order valence-corrected chi connectivity index (χ4v) is 4.78. The van der Waals surface area contributed by atoms with Gasteiger partial charge in [0.25, 0.3) is 5.91 Å². The van der Waals surface area contributed by atoms with Crippen LogP contribution in [0.2, 0.25) is 0 Å². The number of hydrogen-bond acceptors (Lipinski definition) is 7. The molecule has 1 aliphatic carbocycles. The van der Waals surface area contributed by atoms with Crippen molar-refractivity contribution in [2.75, 3.05) is 13.7 Å². The Morgan fingerprint density at radius 2 is 1.71 bits per heavy atom. The number of rotatable bonds is 9. The molecule has 0 saturated carbocycles. The number of nitrogens with zero attached hydrogens (tertiary/aromatic N) is 1. The summed E-state index contributed by atoms with van der Waals surface area (Å²) in [5, 5.41) is 14.8. The Morgan fingerprint density at radius 3 is 2.31 bits per heavy atom. The van der Waals surface area contributed by atoms with Crippen LogP contribution in [-0.2, 0) is 20.8 Å². The molecular formula is C25H25N3O6S. The lowest BCUT2D eigenvalue weighted by Gasteiger charge is -2.19. The fourth-order valence-electron chi connectivity index (χ4n) is 4.02. The molecule has 10 heteroatoms. The molecule has 1 aliphatic rings. The van der Waals surface area contributed by atoms with Gasteiger partial charge in [0.1, 0.15) is 16.5 Å². The fraction of sp³-hybridized carbons (Fsp3) is 0.280. The Balaban J connectivity index is 1.31. The Bertz CT molecular complexity index is 1200. The Labute approximate surface area is 206 Å². The highest BCUT2D eigenvalue weighted by atomic mass is 32.1. The number of aliphatic carboxylic acids is 1. The molecule has 0 spiro atoms. The number of thiazole rings is 1. The normalized spacial score (nSPS) is 13.9. The van der Waals surface area contributed by atoms with Crippen LogP contribution >= 0.6 is 11.3 Å². The Hall–Kier alpha value is -3.76. The predicted molar refractivity (Wildman–Crippen MR) is 129 cm³/mol. The van der Waals surface area contributed by atoms with Crippen LogP contribution in [0.5, 0.6) is 0 Å². The number of amides is 2. The number of ether oxygens (including phenoxy) is 2. The smallest absolute Gasteiger partial charge is 0.407 e. The van der Waals surface area contributed by atoms with Gasteiger partial charge < -0.3 is 25.2 Å². The predicted octanol–water partition coefficient (Wildman–Crippen LogP) is 3.40. The summed E-state index contributed by atoms with van der Waals surface area (Å²) in [4.78, 5) is 40.5. The van der Waals surface area contributed by atoms with E-state index in [1.54, 1.807) is 6.92 Å². The second kappa shape index (κ2) is 10.7. The van der Waals surface area contributed by atoms with Crippen LogP contribution in [0.1, 0.15) is 38.6 Å². The molecule has 2 unspecified atom stereocenters. The second-order valence-corrected chi connectivity index (χ2v) is 9.14. The van der Waals surface area contributed by atoms with E-state index in [0.29, 0.717) is 5.01 Å². The van der Waals surface area contributed by atoms with Gasteiger partial charge in [-0.3, -0.25) is 4.79 Å². The van der Waals surface area contributed by atoms with Crippen molar-refractivity contribution in [3.05, 3.63) is 75.7 Å². The molecule has 3 N–H and O–H groups in total. The molecule has 0 bridgehead atoms. The summed E-state index contributed by atoms with van der Waals surface area (Å²) in [6.45, 7) is 1.82. The van der Waals surface area contributed by atoms with Gasteiger partial charge in [-0.2, -0.15) is 0 Å². The number of methoxy groups -OCH3 is 1. The summed E-state index contributed by atoms with van der Waals surface area (Å²) in [6.07, 6.45) is 0.0393. The van der Waals surface area contributed by atoms with Crippen LogP contribution in [0, 0.1) is 0 Å². The molecular weight excluding hydrogens is 470 g/mol. The molecule has 1 aromatic heterocycles. The molecule has 0 fully saturated rings. The van der Waals surface area contributed by atoms with Crippen molar-refractivity contribution in [3.8, 4) is 11.1 Å². The molecule has 2 amide bonds. The molecule has 0 saturated heterocycles. The number of carboxylic acid groups (broad SMARTS) is 1. The SMILES string of the molecule is COC(C)C(NC(=O)c1cnc(CNC(=O)OCC2c3ccccc3-c3ccccc32)s1)C(=O)O. The standard InChI is InChI=1S/C25H25N3O6S/c1-14(33-2)22(24(30)31)28-23(29)20-11-26-21(35-20)12-27-25(32)34-13-19-17-9-5-3-7-15(17)16-8-4-6-10-18(16)19/h3-11,14,19,22H,12-13H2,1-2H3,(H,27,32)(H,28,29)(H,30,31). The summed E-state index contributed by atoms with van der Waals surface area (Å²) >= 11 is 1.05. The highest BCUT2D eigenvalue weighted by molar-refractivity contribution is 7.13. The molecule has 1 heterocycles. The van der Waals surface area contributed by atoms with Gasteiger partial charge in [-0.1, -0.05) is 48.5 Å². The Morgan fingerprint density at radius 1 is 1.09 bits per heavy atom. The van der Waals surface area contributed by atoms with Crippen LogP contribution in [0.4, 0.5) is 4.79 Å². The van der Waals surface area contributed by atoms with E-state index >= 15 is 0 Å². The third kappa shape index (κ3) is 5.33. The number of carbonyl (C=O) groups is 3. The van der Waals surface area contributed by atoms with Gasteiger partial charge in [0.2, 0.25) is 0 Å². The van der Waals surface area contributed by atoms with Crippen molar-refractivity contribution in [1.82, 2.24) is 15.6 Å². The molecule has 0 radical (unpaired) electrons. The highest BCUT2D eigenvalue weighted by Gasteiger charge is 2.29. The Kier molecular flexibility index (Phi) is 7.42. The summed E-state index contributed by atoms with van der Waals surface area (Å²) in [7, 11) is 1.37. The topological polar surface area (TPSA) is 127 Å². The highest BCUT2D eigenvalue weighted by Crippen LogP contribution is 2.44. The average molecular weight is 496 g/mol. The first-order chi connectivity index (χ1) is 16.9. The van der Waals surface area contributed by atoms with E-state index in [0.717, 1.165) is 33.6 Å². The first-order valence-electron chi connectivity index (χ1n) is 11.0. The maximum atomic E-state index is 12.4. The summed E-state index contributed by atoms with van der Waals surface area (Å²) in [5.41, 5.74) is 4.55. The van der Waals surface area contributed by atoms with E-state index in [-0.39, 0.29) is 23.9 Å². The monoisotopic (exact) mass is 495 g/mol. The van der Waals surface area contributed by atoms with E-state index in [9.17, 15) is 19.5 Å². The van der Waals surface area contributed by atoms with Crippen molar-refractivity contribution in [2.45, 2.75) is 31.5 Å². The van der Waals surface area contributed by atoms with E-state index < -0.39 is 30.1 Å². The zero-order valence-corrected chi connectivity index (χ0v) is 20.0. The zero-order valence-electron chi connectivity index (χ0n) is 19.2. The molecule has 3 aromatic rings. The molecule has 2 atom stereocenters. The van der Waals surface area contributed by atoms with Gasteiger partial charge in [-0.25, -0.2) is 14.6 Å². The van der Waals surface area contributed by atoms with Gasteiger partial charge in [0.15, 0.2) is 6.04 Å². The van der Waals surface area contributed by atoms with Crippen molar-refractivity contribution in [1.29, 1.82) is 0 Å². The third-order valence-electron chi connectivity index (χ3n) is 5.90. The van der Waals surface area contributed by atoms with Gasteiger partial charge in [-0.05, 0) is 29.2 Å². The first-order valence-corrected chi connectivity index (χ1v) is 11.8. The maximum Gasteiger partial charge on any atom is 0.407 e.